The number of aromatic hydroxyl groups is 1. The highest BCUT2D eigenvalue weighted by atomic mass is 32.2. The zero-order valence-corrected chi connectivity index (χ0v) is 22.1. The molecule has 2 aromatic heterocycles. The van der Waals surface area contributed by atoms with E-state index in [-0.39, 0.29) is 39.3 Å². The zero-order valence-electron chi connectivity index (χ0n) is 21.3. The van der Waals surface area contributed by atoms with Crippen LogP contribution in [0.4, 0.5) is 5.82 Å². The highest BCUT2D eigenvalue weighted by molar-refractivity contribution is 8.00. The maximum Gasteiger partial charge on any atom is 0.175 e. The first-order valence-electron chi connectivity index (χ1n) is 12.1. The molecule has 0 amide bonds. The van der Waals surface area contributed by atoms with Crippen LogP contribution in [0.25, 0.3) is 33.3 Å². The minimum Gasteiger partial charge on any atom is -0.508 e. The van der Waals surface area contributed by atoms with Gasteiger partial charge in [-0.25, -0.2) is 9.97 Å². The minimum absolute atomic E-state index is 0.0406. The van der Waals surface area contributed by atoms with E-state index in [0.717, 1.165) is 28.2 Å². The highest BCUT2D eigenvalue weighted by Crippen LogP contribution is 2.37. The summed E-state index contributed by atoms with van der Waals surface area (Å²) >= 11 is 1.06. The molecule has 0 saturated carbocycles. The van der Waals surface area contributed by atoms with Gasteiger partial charge in [-0.15, -0.1) is 0 Å². The van der Waals surface area contributed by atoms with Crippen molar-refractivity contribution in [2.75, 3.05) is 18.6 Å². The molecule has 194 valence electrons. The molecule has 0 unspecified atom stereocenters. The molecule has 3 aromatic carbocycles. The van der Waals surface area contributed by atoms with Gasteiger partial charge >= 0.3 is 0 Å². The number of Topliss-reactive ketones (excluding diaryl/α,β-unsaturated/α-hetero) is 1. The number of nitriles is 2. The molecule has 0 aliphatic carbocycles. The maximum absolute atomic E-state index is 13.7. The molecule has 2 heterocycles. The number of hydrogen-bond donors (Lipinski definition) is 2. The smallest absolute Gasteiger partial charge is 0.175 e. The predicted octanol–water partition coefficient (Wildman–Crippen LogP) is 5.98. The number of carbonyl (C=O) groups is 1. The molecule has 0 fully saturated rings. The fraction of sp³-hybridized carbons (Fsp3) is 0.0645. The number of phenolic OH excluding ortho intramolecular Hbond substituents is 1. The number of benzene rings is 3. The largest absolute Gasteiger partial charge is 0.508 e. The van der Waals surface area contributed by atoms with Gasteiger partial charge in [0.25, 0.3) is 0 Å². The normalized spacial score (nSPS) is 10.6. The third-order valence-corrected chi connectivity index (χ3v) is 7.26. The summed E-state index contributed by atoms with van der Waals surface area (Å²) < 4.78 is 5.35. The van der Waals surface area contributed by atoms with Gasteiger partial charge in [0.2, 0.25) is 0 Å². The van der Waals surface area contributed by atoms with Gasteiger partial charge in [0.15, 0.2) is 5.78 Å². The number of hydrogen-bond acceptors (Lipinski definition) is 9. The Labute approximate surface area is 234 Å². The van der Waals surface area contributed by atoms with Gasteiger partial charge in [0, 0.05) is 22.1 Å². The number of nitrogen functional groups attached to an aromatic ring is 1. The second-order valence-corrected chi connectivity index (χ2v) is 9.68. The van der Waals surface area contributed by atoms with E-state index in [1.165, 1.54) is 12.1 Å². The van der Waals surface area contributed by atoms with Crippen molar-refractivity contribution in [3.05, 3.63) is 95.6 Å². The summed E-state index contributed by atoms with van der Waals surface area (Å²) in [6, 6.07) is 27.0. The lowest BCUT2D eigenvalue weighted by molar-refractivity contribution is 0.102. The number of aromatic nitrogens is 2. The lowest BCUT2D eigenvalue weighted by Gasteiger charge is -2.14. The second-order valence-electron chi connectivity index (χ2n) is 8.72. The molecule has 0 atom stereocenters. The SMILES string of the molecule is COc1ccc2nc(-c3ccccc3)c(C(=O)CSc3nc(N)c(C#N)c(-c4ccc(O)cc4)c3C#N)cc2c1. The van der Waals surface area contributed by atoms with Crippen molar-refractivity contribution in [3.63, 3.8) is 0 Å². The molecule has 0 aliphatic rings. The van der Waals surface area contributed by atoms with Crippen LogP contribution < -0.4 is 10.5 Å². The predicted molar refractivity (Wildman–Crippen MR) is 154 cm³/mol. The summed E-state index contributed by atoms with van der Waals surface area (Å²) in [4.78, 5) is 22.8. The Bertz CT molecular complexity index is 1840. The summed E-state index contributed by atoms with van der Waals surface area (Å²) in [5.74, 6) is 0.356. The van der Waals surface area contributed by atoms with Gasteiger partial charge in [-0.1, -0.05) is 54.2 Å². The van der Waals surface area contributed by atoms with Crippen molar-refractivity contribution in [3.8, 4) is 46.0 Å². The Kier molecular flexibility index (Phi) is 7.32. The summed E-state index contributed by atoms with van der Waals surface area (Å²) in [6.07, 6.45) is 0. The van der Waals surface area contributed by atoms with Gasteiger partial charge in [-0.3, -0.25) is 4.79 Å². The molecule has 5 aromatic rings. The van der Waals surface area contributed by atoms with Crippen molar-refractivity contribution in [1.29, 1.82) is 10.5 Å². The molecule has 0 aliphatic heterocycles. The van der Waals surface area contributed by atoms with E-state index in [2.05, 4.69) is 11.1 Å². The number of fused-ring (bicyclic) bond motifs is 1. The van der Waals surface area contributed by atoms with Crippen LogP contribution >= 0.6 is 11.8 Å². The van der Waals surface area contributed by atoms with Gasteiger partial charge in [-0.2, -0.15) is 10.5 Å². The lowest BCUT2D eigenvalue weighted by Crippen LogP contribution is -2.08. The van der Waals surface area contributed by atoms with Gasteiger partial charge in [0.05, 0.1) is 29.6 Å². The van der Waals surface area contributed by atoms with Crippen molar-refractivity contribution in [2.45, 2.75) is 5.03 Å². The monoisotopic (exact) mass is 543 g/mol. The number of thioether (sulfide) groups is 1. The van der Waals surface area contributed by atoms with E-state index in [9.17, 15) is 20.4 Å². The van der Waals surface area contributed by atoms with Gasteiger partial charge < -0.3 is 15.6 Å². The number of phenols is 1. The summed E-state index contributed by atoms with van der Waals surface area (Å²) in [6.45, 7) is 0. The number of ketones is 1. The van der Waals surface area contributed by atoms with Crippen LogP contribution in [0.15, 0.2) is 83.9 Å². The number of ether oxygens (including phenoxy) is 1. The van der Waals surface area contributed by atoms with Crippen molar-refractivity contribution >= 4 is 34.3 Å². The van der Waals surface area contributed by atoms with E-state index in [1.54, 1.807) is 25.3 Å². The number of rotatable bonds is 7. The van der Waals surface area contributed by atoms with Crippen molar-refractivity contribution in [1.82, 2.24) is 9.97 Å². The number of nitrogens with two attached hydrogens (primary N) is 1. The van der Waals surface area contributed by atoms with Crippen LogP contribution in [0, 0.1) is 22.7 Å². The lowest BCUT2D eigenvalue weighted by atomic mass is 9.97. The van der Waals surface area contributed by atoms with E-state index in [1.807, 2.05) is 54.6 Å². The average Bonchev–Trinajstić information content (AvgIpc) is 2.99. The molecule has 0 radical (unpaired) electrons. The third-order valence-electron chi connectivity index (χ3n) is 6.28. The number of methoxy groups -OCH3 is 1. The molecule has 0 bridgehead atoms. The summed E-state index contributed by atoms with van der Waals surface area (Å²) in [7, 11) is 1.57. The first-order valence-corrected chi connectivity index (χ1v) is 13.0. The molecule has 5 rings (SSSR count). The van der Waals surface area contributed by atoms with Crippen LogP contribution in [0.3, 0.4) is 0 Å². The molecular weight excluding hydrogens is 522 g/mol. The minimum atomic E-state index is -0.221. The first kappa shape index (κ1) is 26.2. The molecule has 0 saturated heterocycles. The van der Waals surface area contributed by atoms with E-state index in [4.69, 9.17) is 15.5 Å². The zero-order chi connectivity index (χ0) is 28.2. The Morgan fingerprint density at radius 3 is 2.35 bits per heavy atom. The number of anilines is 1. The Hall–Kier alpha value is -5.38. The van der Waals surface area contributed by atoms with Crippen LogP contribution in [0.5, 0.6) is 11.5 Å². The second kappa shape index (κ2) is 11.2. The quantitative estimate of drug-likeness (QED) is 0.187. The molecule has 3 N–H and O–H groups in total. The average molecular weight is 544 g/mol. The fourth-order valence-electron chi connectivity index (χ4n) is 4.34. The number of carbonyl (C=O) groups excluding carboxylic acids is 1. The van der Waals surface area contributed by atoms with Crippen molar-refractivity contribution in [2.24, 2.45) is 0 Å². The first-order chi connectivity index (χ1) is 19.4. The highest BCUT2D eigenvalue weighted by Gasteiger charge is 2.23. The number of pyridine rings is 2. The topological polar surface area (TPSA) is 146 Å². The molecule has 8 nitrogen and oxygen atoms in total. The molecule has 9 heteroatoms. The van der Waals surface area contributed by atoms with E-state index >= 15 is 0 Å². The Morgan fingerprint density at radius 1 is 0.950 bits per heavy atom. The number of nitrogens with zero attached hydrogens (tertiary/aromatic N) is 4. The molecular formula is C31H21N5O3S. The van der Waals surface area contributed by atoms with Crippen LogP contribution in [0.1, 0.15) is 21.5 Å². The van der Waals surface area contributed by atoms with E-state index in [0.29, 0.717) is 28.1 Å². The summed E-state index contributed by atoms with van der Waals surface area (Å²) in [5.41, 5.74) is 9.59. The molecule has 0 spiro atoms. The van der Waals surface area contributed by atoms with Crippen LogP contribution in [-0.4, -0.2) is 33.7 Å². The van der Waals surface area contributed by atoms with Crippen molar-refractivity contribution < 1.29 is 14.6 Å². The molecule has 40 heavy (non-hydrogen) atoms. The third kappa shape index (κ3) is 5.02. The maximum atomic E-state index is 13.7. The standard InChI is InChI=1S/C31H21N5O3S/c1-39-22-11-12-26-20(13-22)14-23(29(35-26)19-5-3-2-4-6-19)27(38)17-40-31-25(16-33)28(24(15-32)30(34)36-31)18-7-9-21(37)10-8-18/h2-14,37H,17H2,1H3,(H2,34,36). The Morgan fingerprint density at radius 2 is 1.68 bits per heavy atom. The fourth-order valence-corrected chi connectivity index (χ4v) is 5.22. The van der Waals surface area contributed by atoms with Crippen LogP contribution in [-0.2, 0) is 0 Å². The van der Waals surface area contributed by atoms with E-state index < -0.39 is 0 Å². The van der Waals surface area contributed by atoms with Gasteiger partial charge in [0.1, 0.15) is 40.0 Å². The van der Waals surface area contributed by atoms with Crippen LogP contribution in [0.2, 0.25) is 0 Å². The Balaban J connectivity index is 1.56. The summed E-state index contributed by atoms with van der Waals surface area (Å²) in [5, 5.41) is 30.5. The van der Waals surface area contributed by atoms with Gasteiger partial charge in [-0.05, 0) is 42.0 Å².